The van der Waals surface area contributed by atoms with Gasteiger partial charge in [-0.05, 0) is 90.8 Å². The van der Waals surface area contributed by atoms with Gasteiger partial charge in [0.05, 0.1) is 31.5 Å². The van der Waals surface area contributed by atoms with Gasteiger partial charge in [0.25, 0.3) is 0 Å². The highest BCUT2D eigenvalue weighted by molar-refractivity contribution is 5.35. The fourth-order valence-electron chi connectivity index (χ4n) is 12.3. The molecule has 0 aromatic heterocycles. The van der Waals surface area contributed by atoms with Crippen LogP contribution < -0.4 is 0 Å². The summed E-state index contributed by atoms with van der Waals surface area (Å²) in [6.07, 6.45) is 0.661. The van der Waals surface area contributed by atoms with Crippen molar-refractivity contribution in [2.24, 2.45) is 50.2 Å². The summed E-state index contributed by atoms with van der Waals surface area (Å²) in [5, 5.41) is 75.5. The SMILES string of the molecule is CC1(C)C[C@H](O)[C@]2(C)[C@@H](O)C[C@]3(C)C(=CC[C@@H]4[C@@]5(C)CC[C@H](OC6O[C@H](CO)[C@@H](O)[C@H](O)[C@H]6O)[C@@](C)(CO)[C@@H]5CC[C@]43C)[C@@H]2C1. The van der Waals surface area contributed by atoms with Gasteiger partial charge in [-0.3, -0.25) is 0 Å². The van der Waals surface area contributed by atoms with Crippen molar-refractivity contribution in [1.29, 1.82) is 0 Å². The molecule has 258 valence electrons. The van der Waals surface area contributed by atoms with E-state index in [1.165, 1.54) is 5.57 Å². The van der Waals surface area contributed by atoms with Gasteiger partial charge in [0.2, 0.25) is 0 Å². The quantitative estimate of drug-likeness (QED) is 0.182. The van der Waals surface area contributed by atoms with Crippen LogP contribution in [0.25, 0.3) is 0 Å². The maximum atomic E-state index is 11.9. The van der Waals surface area contributed by atoms with Crippen molar-refractivity contribution in [3.05, 3.63) is 11.6 Å². The lowest BCUT2D eigenvalue weighted by molar-refractivity contribution is -0.333. The van der Waals surface area contributed by atoms with Gasteiger partial charge in [-0.2, -0.15) is 0 Å². The van der Waals surface area contributed by atoms with Gasteiger partial charge in [-0.1, -0.05) is 60.1 Å². The van der Waals surface area contributed by atoms with Gasteiger partial charge in [-0.15, -0.1) is 0 Å². The number of fused-ring (bicyclic) bond motifs is 7. The van der Waals surface area contributed by atoms with E-state index >= 15 is 0 Å². The minimum Gasteiger partial charge on any atom is -0.396 e. The first kappa shape index (κ1) is 34.3. The zero-order chi connectivity index (χ0) is 33.1. The minimum atomic E-state index is -1.52. The summed E-state index contributed by atoms with van der Waals surface area (Å²) in [7, 11) is 0. The third-order valence-corrected chi connectivity index (χ3v) is 15.4. The molecule has 0 aromatic rings. The van der Waals surface area contributed by atoms with Gasteiger partial charge in [0.1, 0.15) is 24.4 Å². The molecule has 1 heterocycles. The second-order valence-electron chi connectivity index (χ2n) is 18.0. The summed E-state index contributed by atoms with van der Waals surface area (Å²) < 4.78 is 12.1. The molecule has 5 fully saturated rings. The van der Waals surface area contributed by atoms with Crippen LogP contribution in [0.3, 0.4) is 0 Å². The first-order valence-electron chi connectivity index (χ1n) is 17.5. The summed E-state index contributed by atoms with van der Waals surface area (Å²) in [5.41, 5.74) is -0.208. The lowest BCUT2D eigenvalue weighted by atomic mass is 9.33. The van der Waals surface area contributed by atoms with Crippen LogP contribution in [0.1, 0.15) is 99.8 Å². The molecule has 6 rings (SSSR count). The van der Waals surface area contributed by atoms with E-state index in [2.05, 4.69) is 54.5 Å². The zero-order valence-electron chi connectivity index (χ0n) is 28.4. The second kappa shape index (κ2) is 10.9. The summed E-state index contributed by atoms with van der Waals surface area (Å²) >= 11 is 0. The molecule has 0 aromatic carbocycles. The molecule has 0 amide bonds. The number of hydrogen-bond acceptors (Lipinski definition) is 9. The van der Waals surface area contributed by atoms with Crippen molar-refractivity contribution < 1.29 is 45.2 Å². The molecule has 6 aliphatic rings. The average molecular weight is 637 g/mol. The monoisotopic (exact) mass is 636 g/mol. The zero-order valence-corrected chi connectivity index (χ0v) is 28.4. The largest absolute Gasteiger partial charge is 0.396 e. The van der Waals surface area contributed by atoms with Crippen molar-refractivity contribution in [3.63, 3.8) is 0 Å². The number of aliphatic hydroxyl groups is 7. The molecule has 1 unspecified atom stereocenters. The van der Waals surface area contributed by atoms with Gasteiger partial charge in [0.15, 0.2) is 6.29 Å². The topological polar surface area (TPSA) is 160 Å². The molecular weight excluding hydrogens is 576 g/mol. The highest BCUT2D eigenvalue weighted by Gasteiger charge is 2.71. The Morgan fingerprint density at radius 1 is 0.800 bits per heavy atom. The Balaban J connectivity index is 1.32. The Kier molecular flexibility index (Phi) is 8.33. The van der Waals surface area contributed by atoms with Crippen LogP contribution in [0.15, 0.2) is 11.6 Å². The normalized spacial score (nSPS) is 57.6. The molecule has 0 bridgehead atoms. The number of ether oxygens (including phenoxy) is 2. The smallest absolute Gasteiger partial charge is 0.186 e. The van der Waals surface area contributed by atoms with E-state index in [0.717, 1.165) is 32.1 Å². The number of allylic oxidation sites excluding steroid dienone is 2. The standard InChI is InChI=1S/C36H60O9/c1-31(2)14-20-19-8-9-23-32(3)12-11-26(45-30-29(43)28(42)27(41)21(17-37)44-30)33(4,18-38)22(32)10-13-34(23,5)35(19,6)16-25(40)36(20,7)24(39)15-31/h8,20-30,37-43H,9-18H2,1-7H3/t20-,21+,22+,23+,24-,25-,26-,27+,28-,29+,30?,32-,33-,34+,35+,36+/m0/s1. The summed E-state index contributed by atoms with van der Waals surface area (Å²) in [6.45, 7) is 15.2. The van der Waals surface area contributed by atoms with E-state index in [1.54, 1.807) is 0 Å². The fraction of sp³-hybridized carbons (Fsp3) is 0.944. The second-order valence-corrected chi connectivity index (χ2v) is 18.0. The predicted octanol–water partition coefficient (Wildman–Crippen LogP) is 2.91. The Labute approximate surface area is 269 Å². The maximum Gasteiger partial charge on any atom is 0.186 e. The molecule has 1 aliphatic heterocycles. The minimum absolute atomic E-state index is 0.00787. The third-order valence-electron chi connectivity index (χ3n) is 15.4. The molecule has 45 heavy (non-hydrogen) atoms. The Morgan fingerprint density at radius 2 is 1.47 bits per heavy atom. The summed E-state index contributed by atoms with van der Waals surface area (Å²) in [4.78, 5) is 0. The summed E-state index contributed by atoms with van der Waals surface area (Å²) in [5.74, 6) is 0.554. The van der Waals surface area contributed by atoms with Crippen LogP contribution in [0.2, 0.25) is 0 Å². The third kappa shape index (κ3) is 4.58. The van der Waals surface area contributed by atoms with Crippen molar-refractivity contribution in [3.8, 4) is 0 Å². The molecule has 5 aliphatic carbocycles. The Hall–Kier alpha value is -0.620. The lowest BCUT2D eigenvalue weighted by Gasteiger charge is -2.72. The fourth-order valence-corrected chi connectivity index (χ4v) is 12.3. The molecule has 1 saturated heterocycles. The molecule has 4 saturated carbocycles. The molecule has 16 atom stereocenters. The van der Waals surface area contributed by atoms with Gasteiger partial charge < -0.3 is 45.2 Å². The van der Waals surface area contributed by atoms with Crippen molar-refractivity contribution in [2.75, 3.05) is 13.2 Å². The van der Waals surface area contributed by atoms with Crippen LogP contribution in [0, 0.1) is 50.2 Å². The van der Waals surface area contributed by atoms with Crippen molar-refractivity contribution in [2.45, 2.75) is 149 Å². The Bertz CT molecular complexity index is 1170. The van der Waals surface area contributed by atoms with E-state index in [9.17, 15) is 35.7 Å². The van der Waals surface area contributed by atoms with Gasteiger partial charge in [0, 0.05) is 10.8 Å². The molecule has 0 spiro atoms. The number of rotatable bonds is 4. The predicted molar refractivity (Wildman–Crippen MR) is 168 cm³/mol. The van der Waals surface area contributed by atoms with Gasteiger partial charge >= 0.3 is 0 Å². The van der Waals surface area contributed by atoms with Crippen LogP contribution >= 0.6 is 0 Å². The molecule has 7 N–H and O–H groups in total. The van der Waals surface area contributed by atoms with Crippen LogP contribution in [0.4, 0.5) is 0 Å². The lowest BCUT2D eigenvalue weighted by Crippen LogP contribution is -2.68. The van der Waals surface area contributed by atoms with E-state index in [0.29, 0.717) is 25.2 Å². The van der Waals surface area contributed by atoms with Crippen LogP contribution in [0.5, 0.6) is 0 Å². The van der Waals surface area contributed by atoms with Crippen molar-refractivity contribution in [1.82, 2.24) is 0 Å². The molecule has 9 heteroatoms. The highest BCUT2D eigenvalue weighted by atomic mass is 16.7. The van der Waals surface area contributed by atoms with Gasteiger partial charge in [-0.25, -0.2) is 0 Å². The van der Waals surface area contributed by atoms with E-state index in [1.807, 2.05) is 0 Å². The first-order valence-corrected chi connectivity index (χ1v) is 17.5. The van der Waals surface area contributed by atoms with E-state index in [4.69, 9.17) is 9.47 Å². The average Bonchev–Trinajstić information content (AvgIpc) is 2.96. The maximum absolute atomic E-state index is 11.9. The first-order chi connectivity index (χ1) is 20.8. The van der Waals surface area contributed by atoms with Crippen LogP contribution in [-0.2, 0) is 9.47 Å². The van der Waals surface area contributed by atoms with Crippen molar-refractivity contribution >= 4 is 0 Å². The highest BCUT2D eigenvalue weighted by Crippen LogP contribution is 2.75. The molecular formula is C36H60O9. The Morgan fingerprint density at radius 3 is 2.11 bits per heavy atom. The van der Waals surface area contributed by atoms with E-state index in [-0.39, 0.29) is 40.1 Å². The van der Waals surface area contributed by atoms with E-state index < -0.39 is 66.5 Å². The van der Waals surface area contributed by atoms with Crippen LogP contribution in [-0.4, -0.2) is 98.0 Å². The number of aliphatic hydroxyl groups excluding tert-OH is 7. The molecule has 0 radical (unpaired) electrons. The molecule has 9 nitrogen and oxygen atoms in total. The summed E-state index contributed by atoms with van der Waals surface area (Å²) in [6, 6.07) is 0. The number of hydrogen-bond donors (Lipinski definition) is 7.